The summed E-state index contributed by atoms with van der Waals surface area (Å²) >= 11 is 3.47. The number of hydrogen-bond donors (Lipinski definition) is 1. The van der Waals surface area contributed by atoms with Crippen LogP contribution in [0.15, 0.2) is 106 Å². The maximum Gasteiger partial charge on any atom is 0.264 e. The maximum atomic E-state index is 14.6. The maximum absolute atomic E-state index is 14.6. The predicted molar refractivity (Wildman–Crippen MR) is 188 cm³/mol. The third-order valence-corrected chi connectivity index (χ3v) is 9.73. The molecule has 0 radical (unpaired) electrons. The molecule has 0 fully saturated rings. The van der Waals surface area contributed by atoms with Crippen LogP contribution >= 0.6 is 15.9 Å². The number of rotatable bonds is 11. The van der Waals surface area contributed by atoms with Gasteiger partial charge in [0.25, 0.3) is 10.0 Å². The van der Waals surface area contributed by atoms with Crippen molar-refractivity contribution in [3.8, 4) is 0 Å². The number of hydrogen-bond acceptors (Lipinski definition) is 4. The molecule has 0 aliphatic rings. The van der Waals surface area contributed by atoms with Gasteiger partial charge in [0.2, 0.25) is 11.8 Å². The Hall–Kier alpha value is -3.95. The van der Waals surface area contributed by atoms with Gasteiger partial charge in [-0.25, -0.2) is 8.42 Å². The van der Waals surface area contributed by atoms with Gasteiger partial charge in [0.05, 0.1) is 10.6 Å². The Morgan fingerprint density at radius 3 is 1.93 bits per heavy atom. The summed E-state index contributed by atoms with van der Waals surface area (Å²) in [4.78, 5) is 30.2. The third-order valence-electron chi connectivity index (χ3n) is 7.42. The first-order chi connectivity index (χ1) is 21.6. The van der Waals surface area contributed by atoms with Gasteiger partial charge in [-0.3, -0.25) is 13.9 Å². The molecule has 0 saturated carbocycles. The summed E-state index contributed by atoms with van der Waals surface area (Å²) in [7, 11) is -4.17. The zero-order valence-corrected chi connectivity index (χ0v) is 29.7. The molecule has 0 bridgehead atoms. The van der Waals surface area contributed by atoms with Gasteiger partial charge in [-0.05, 0) is 100 Å². The molecule has 0 aliphatic heterocycles. The lowest BCUT2D eigenvalue weighted by molar-refractivity contribution is -0.140. The highest BCUT2D eigenvalue weighted by Gasteiger charge is 2.35. The van der Waals surface area contributed by atoms with Crippen LogP contribution in [0, 0.1) is 20.8 Å². The van der Waals surface area contributed by atoms with Gasteiger partial charge in [0.1, 0.15) is 12.6 Å². The van der Waals surface area contributed by atoms with Crippen LogP contribution in [-0.2, 0) is 32.6 Å². The number of sulfonamides is 1. The first-order valence-corrected chi connectivity index (χ1v) is 17.4. The Kier molecular flexibility index (Phi) is 11.1. The molecule has 4 aromatic carbocycles. The number of aryl methyl sites for hydroxylation is 3. The molecule has 0 heterocycles. The van der Waals surface area contributed by atoms with Crippen molar-refractivity contribution >= 4 is 43.5 Å². The van der Waals surface area contributed by atoms with Crippen molar-refractivity contribution in [1.82, 2.24) is 10.2 Å². The molecule has 0 aromatic heterocycles. The molecule has 2 amide bonds. The number of carbonyl (C=O) groups is 2. The van der Waals surface area contributed by atoms with Crippen molar-refractivity contribution in [3.05, 3.63) is 129 Å². The summed E-state index contributed by atoms with van der Waals surface area (Å²) < 4.78 is 30.6. The van der Waals surface area contributed by atoms with Gasteiger partial charge in [0, 0.05) is 23.0 Å². The molecule has 9 heteroatoms. The van der Waals surface area contributed by atoms with Crippen molar-refractivity contribution in [2.24, 2.45) is 0 Å². The largest absolute Gasteiger partial charge is 0.350 e. The molecule has 0 aliphatic carbocycles. The number of anilines is 1. The van der Waals surface area contributed by atoms with E-state index in [1.165, 1.54) is 4.90 Å². The first kappa shape index (κ1) is 34.9. The second-order valence-electron chi connectivity index (χ2n) is 12.8. The number of carbonyl (C=O) groups excluding carboxylic acids is 2. The molecule has 242 valence electrons. The van der Waals surface area contributed by atoms with Crippen LogP contribution in [0.4, 0.5) is 5.69 Å². The molecular weight excluding hydrogens is 662 g/mol. The normalized spacial score (nSPS) is 12.3. The van der Waals surface area contributed by atoms with E-state index in [0.717, 1.165) is 36.6 Å². The van der Waals surface area contributed by atoms with Crippen LogP contribution in [0.25, 0.3) is 0 Å². The Labute approximate surface area is 281 Å². The molecule has 0 saturated heterocycles. The smallest absolute Gasteiger partial charge is 0.264 e. The highest BCUT2D eigenvalue weighted by Crippen LogP contribution is 2.27. The summed E-state index contributed by atoms with van der Waals surface area (Å²) in [6.07, 6.45) is 0.249. The number of benzene rings is 4. The van der Waals surface area contributed by atoms with Crippen molar-refractivity contribution in [2.75, 3.05) is 10.8 Å². The third kappa shape index (κ3) is 9.30. The van der Waals surface area contributed by atoms with E-state index in [1.54, 1.807) is 36.4 Å². The average molecular weight is 705 g/mol. The highest BCUT2D eigenvalue weighted by atomic mass is 79.9. The molecule has 4 aromatic rings. The lowest BCUT2D eigenvalue weighted by Gasteiger charge is -2.35. The minimum atomic E-state index is -4.17. The van der Waals surface area contributed by atoms with Gasteiger partial charge in [-0.2, -0.15) is 0 Å². The van der Waals surface area contributed by atoms with E-state index >= 15 is 0 Å². The van der Waals surface area contributed by atoms with Gasteiger partial charge in [-0.1, -0.05) is 82.2 Å². The van der Waals surface area contributed by atoms with Crippen LogP contribution in [0.1, 0.15) is 48.6 Å². The zero-order chi connectivity index (χ0) is 33.6. The van der Waals surface area contributed by atoms with Crippen molar-refractivity contribution < 1.29 is 18.0 Å². The average Bonchev–Trinajstić information content (AvgIpc) is 2.97. The van der Waals surface area contributed by atoms with Crippen LogP contribution in [-0.4, -0.2) is 43.3 Å². The van der Waals surface area contributed by atoms with E-state index in [1.807, 2.05) is 102 Å². The Morgan fingerprint density at radius 1 is 0.783 bits per heavy atom. The van der Waals surface area contributed by atoms with Crippen LogP contribution in [0.2, 0.25) is 0 Å². The quantitative estimate of drug-likeness (QED) is 0.180. The fourth-order valence-electron chi connectivity index (χ4n) is 5.25. The number of nitrogens with zero attached hydrogens (tertiary/aromatic N) is 2. The lowest BCUT2D eigenvalue weighted by Crippen LogP contribution is -2.56. The van der Waals surface area contributed by atoms with Gasteiger partial charge in [-0.15, -0.1) is 0 Å². The van der Waals surface area contributed by atoms with E-state index in [0.29, 0.717) is 5.69 Å². The van der Waals surface area contributed by atoms with Crippen LogP contribution in [0.5, 0.6) is 0 Å². The molecule has 1 N–H and O–H groups in total. The topological polar surface area (TPSA) is 86.8 Å². The number of halogens is 1. The van der Waals surface area contributed by atoms with Gasteiger partial charge >= 0.3 is 0 Å². The van der Waals surface area contributed by atoms with Crippen LogP contribution in [0.3, 0.4) is 0 Å². The Balaban J connectivity index is 1.84. The minimum Gasteiger partial charge on any atom is -0.350 e. The van der Waals surface area contributed by atoms with Gasteiger partial charge < -0.3 is 10.2 Å². The van der Waals surface area contributed by atoms with E-state index < -0.39 is 34.1 Å². The fourth-order valence-corrected chi connectivity index (χ4v) is 6.92. The van der Waals surface area contributed by atoms with Crippen molar-refractivity contribution in [2.45, 2.75) is 71.0 Å². The standard InChI is InChI=1S/C37H42BrN3O4S/c1-26-12-18-33(19-13-26)46(44,45)41(32-21-27(2)20-28(3)22-32)25-35(42)40(24-30-14-16-31(38)17-15-30)34(36(43)39-37(4,5)6)23-29-10-8-7-9-11-29/h7-22,34H,23-25H2,1-6H3,(H,39,43)/t34-/m1/s1. The van der Waals surface area contributed by atoms with E-state index in [-0.39, 0.29) is 23.8 Å². The summed E-state index contributed by atoms with van der Waals surface area (Å²) in [5.41, 5.74) is 4.16. The van der Waals surface area contributed by atoms with Crippen LogP contribution < -0.4 is 9.62 Å². The minimum absolute atomic E-state index is 0.0795. The van der Waals surface area contributed by atoms with Crippen molar-refractivity contribution in [3.63, 3.8) is 0 Å². The second-order valence-corrected chi connectivity index (χ2v) is 15.5. The van der Waals surface area contributed by atoms with Gasteiger partial charge in [0.15, 0.2) is 0 Å². The van der Waals surface area contributed by atoms with E-state index in [4.69, 9.17) is 0 Å². The fraction of sp³-hybridized carbons (Fsp3) is 0.297. The molecule has 0 unspecified atom stereocenters. The molecular formula is C37H42BrN3O4S. The number of amides is 2. The van der Waals surface area contributed by atoms with E-state index in [2.05, 4.69) is 21.2 Å². The zero-order valence-electron chi connectivity index (χ0n) is 27.2. The molecule has 46 heavy (non-hydrogen) atoms. The Morgan fingerprint density at radius 2 is 1.37 bits per heavy atom. The predicted octanol–water partition coefficient (Wildman–Crippen LogP) is 7.12. The summed E-state index contributed by atoms with van der Waals surface area (Å²) in [6.45, 7) is 10.9. The monoisotopic (exact) mass is 703 g/mol. The second kappa shape index (κ2) is 14.6. The summed E-state index contributed by atoms with van der Waals surface area (Å²) in [5.74, 6) is -0.816. The summed E-state index contributed by atoms with van der Waals surface area (Å²) in [6, 6.07) is 28.2. The first-order valence-electron chi connectivity index (χ1n) is 15.2. The SMILES string of the molecule is Cc1ccc(S(=O)(=O)N(CC(=O)N(Cc2ccc(Br)cc2)[C@H](Cc2ccccc2)C(=O)NC(C)(C)C)c2cc(C)cc(C)c2)cc1. The molecule has 1 atom stereocenters. The Bertz CT molecular complexity index is 1750. The molecule has 0 spiro atoms. The molecule has 7 nitrogen and oxygen atoms in total. The molecule has 4 rings (SSSR count). The van der Waals surface area contributed by atoms with Crippen molar-refractivity contribution in [1.29, 1.82) is 0 Å². The van der Waals surface area contributed by atoms with E-state index in [9.17, 15) is 18.0 Å². The number of nitrogens with one attached hydrogen (secondary N) is 1. The highest BCUT2D eigenvalue weighted by molar-refractivity contribution is 9.10. The summed E-state index contributed by atoms with van der Waals surface area (Å²) in [5, 5.41) is 3.06. The lowest BCUT2D eigenvalue weighted by atomic mass is 10.0.